The van der Waals surface area contributed by atoms with Crippen molar-refractivity contribution in [1.29, 1.82) is 5.26 Å². The van der Waals surface area contributed by atoms with E-state index in [4.69, 9.17) is 5.26 Å². The van der Waals surface area contributed by atoms with E-state index in [-0.39, 0.29) is 5.82 Å². The van der Waals surface area contributed by atoms with Crippen LogP contribution in [0, 0.1) is 17.2 Å². The van der Waals surface area contributed by atoms with Crippen LogP contribution in [0.1, 0.15) is 42.8 Å². The number of nitrogens with one attached hydrogen (secondary N) is 2. The van der Waals surface area contributed by atoms with E-state index in [9.17, 15) is 0 Å². The first-order valence-electron chi connectivity index (χ1n) is 7.11. The highest BCUT2D eigenvalue weighted by Gasteiger charge is 2.19. The zero-order valence-corrected chi connectivity index (χ0v) is 11.1. The molecule has 0 amide bonds. The summed E-state index contributed by atoms with van der Waals surface area (Å²) >= 11 is 0. The predicted octanol–water partition coefficient (Wildman–Crippen LogP) is 1.60. The van der Waals surface area contributed by atoms with Crippen LogP contribution in [0.2, 0.25) is 0 Å². The van der Waals surface area contributed by atoms with Crippen molar-refractivity contribution in [3.05, 3.63) is 17.1 Å². The highest BCUT2D eigenvalue weighted by atomic mass is 15.1. The maximum atomic E-state index is 9.01. The first-order chi connectivity index (χ1) is 9.36. The summed E-state index contributed by atoms with van der Waals surface area (Å²) in [5.41, 5.74) is 2.16. The lowest BCUT2D eigenvalue weighted by Gasteiger charge is -2.26. The number of nitrogens with zero attached hydrogens (tertiary/aromatic N) is 3. The van der Waals surface area contributed by atoms with E-state index < -0.39 is 0 Å². The first-order valence-corrected chi connectivity index (χ1v) is 7.11. The summed E-state index contributed by atoms with van der Waals surface area (Å²) < 4.78 is 0. The Morgan fingerprint density at radius 1 is 1.37 bits per heavy atom. The second-order valence-corrected chi connectivity index (χ2v) is 5.37. The Bertz CT molecular complexity index is 501. The van der Waals surface area contributed by atoms with Gasteiger partial charge in [-0.1, -0.05) is 19.3 Å². The van der Waals surface area contributed by atoms with E-state index in [0.29, 0.717) is 0 Å². The van der Waals surface area contributed by atoms with E-state index in [1.807, 2.05) is 0 Å². The molecule has 5 nitrogen and oxygen atoms in total. The Morgan fingerprint density at radius 2 is 2.26 bits per heavy atom. The molecular formula is C14H19N5. The average molecular weight is 257 g/mol. The Hall–Kier alpha value is -1.67. The van der Waals surface area contributed by atoms with Crippen LogP contribution in [0.5, 0.6) is 0 Å². The summed E-state index contributed by atoms with van der Waals surface area (Å²) in [6.07, 6.45) is 6.21. The molecule has 0 radical (unpaired) electrons. The SMILES string of the molecule is N#Cc1nc2c(c(NCCC3CCC3)n1)CNCC2. The minimum Gasteiger partial charge on any atom is -0.370 e. The number of hydrogen-bond acceptors (Lipinski definition) is 5. The van der Waals surface area contributed by atoms with Crippen molar-refractivity contribution in [2.75, 3.05) is 18.4 Å². The molecule has 2 N–H and O–H groups in total. The van der Waals surface area contributed by atoms with Gasteiger partial charge in [-0.15, -0.1) is 0 Å². The Balaban J connectivity index is 1.72. The average Bonchev–Trinajstić information content (AvgIpc) is 2.41. The molecule has 1 aliphatic heterocycles. The number of anilines is 1. The van der Waals surface area contributed by atoms with E-state index in [2.05, 4.69) is 26.7 Å². The van der Waals surface area contributed by atoms with Gasteiger partial charge in [-0.2, -0.15) is 5.26 Å². The molecule has 5 heteroatoms. The summed E-state index contributed by atoms with van der Waals surface area (Å²) in [5.74, 6) is 2.03. The maximum Gasteiger partial charge on any atom is 0.234 e. The summed E-state index contributed by atoms with van der Waals surface area (Å²) in [7, 11) is 0. The first kappa shape index (κ1) is 12.4. The molecule has 2 heterocycles. The quantitative estimate of drug-likeness (QED) is 0.857. The van der Waals surface area contributed by atoms with E-state index in [0.717, 1.165) is 49.0 Å². The van der Waals surface area contributed by atoms with Gasteiger partial charge in [-0.05, 0) is 12.3 Å². The van der Waals surface area contributed by atoms with Crippen LogP contribution in [0.4, 0.5) is 5.82 Å². The molecule has 19 heavy (non-hydrogen) atoms. The highest BCUT2D eigenvalue weighted by Crippen LogP contribution is 2.29. The van der Waals surface area contributed by atoms with Gasteiger partial charge in [0.1, 0.15) is 11.9 Å². The molecule has 1 aromatic rings. The number of fused-ring (bicyclic) bond motifs is 1. The van der Waals surface area contributed by atoms with Crippen molar-refractivity contribution in [1.82, 2.24) is 15.3 Å². The summed E-state index contributed by atoms with van der Waals surface area (Å²) in [4.78, 5) is 8.63. The molecular weight excluding hydrogens is 238 g/mol. The third-order valence-corrected chi connectivity index (χ3v) is 4.10. The predicted molar refractivity (Wildman–Crippen MR) is 72.6 cm³/mol. The molecule has 2 aliphatic rings. The van der Waals surface area contributed by atoms with Crippen LogP contribution in [0.25, 0.3) is 0 Å². The molecule has 0 atom stereocenters. The third kappa shape index (κ3) is 2.69. The molecule has 0 spiro atoms. The van der Waals surface area contributed by atoms with Gasteiger partial charge >= 0.3 is 0 Å². The summed E-state index contributed by atoms with van der Waals surface area (Å²) in [6.45, 7) is 2.67. The van der Waals surface area contributed by atoms with Crippen LogP contribution in [0.15, 0.2) is 0 Å². The normalized spacial score (nSPS) is 18.3. The lowest BCUT2D eigenvalue weighted by molar-refractivity contribution is 0.303. The summed E-state index contributed by atoms with van der Waals surface area (Å²) in [6, 6.07) is 2.06. The van der Waals surface area contributed by atoms with Crippen LogP contribution < -0.4 is 10.6 Å². The lowest BCUT2D eigenvalue weighted by atomic mass is 9.83. The molecule has 1 fully saturated rings. The van der Waals surface area contributed by atoms with Gasteiger partial charge in [-0.25, -0.2) is 9.97 Å². The van der Waals surface area contributed by atoms with Gasteiger partial charge < -0.3 is 10.6 Å². The van der Waals surface area contributed by atoms with E-state index in [1.165, 1.54) is 25.7 Å². The molecule has 1 saturated carbocycles. The van der Waals surface area contributed by atoms with Crippen LogP contribution in [-0.4, -0.2) is 23.1 Å². The van der Waals surface area contributed by atoms with E-state index in [1.54, 1.807) is 0 Å². The molecule has 0 bridgehead atoms. The topological polar surface area (TPSA) is 73.6 Å². The monoisotopic (exact) mass is 257 g/mol. The van der Waals surface area contributed by atoms with Gasteiger partial charge in [0, 0.05) is 31.6 Å². The number of aromatic nitrogens is 2. The fourth-order valence-corrected chi connectivity index (χ4v) is 2.72. The van der Waals surface area contributed by atoms with Gasteiger partial charge in [-0.3, -0.25) is 0 Å². The molecule has 1 aliphatic carbocycles. The zero-order chi connectivity index (χ0) is 13.1. The molecule has 0 aromatic carbocycles. The smallest absolute Gasteiger partial charge is 0.234 e. The van der Waals surface area contributed by atoms with Crippen molar-refractivity contribution in [2.45, 2.75) is 38.6 Å². The van der Waals surface area contributed by atoms with Crippen LogP contribution in [0.3, 0.4) is 0 Å². The van der Waals surface area contributed by atoms with Crippen LogP contribution >= 0.6 is 0 Å². The van der Waals surface area contributed by atoms with E-state index >= 15 is 0 Å². The Kier molecular flexibility index (Phi) is 3.60. The van der Waals surface area contributed by atoms with Gasteiger partial charge in [0.05, 0.1) is 5.69 Å². The van der Waals surface area contributed by atoms with Gasteiger partial charge in [0.15, 0.2) is 0 Å². The Labute approximate surface area is 113 Å². The lowest BCUT2D eigenvalue weighted by Crippen LogP contribution is -2.27. The summed E-state index contributed by atoms with van der Waals surface area (Å²) in [5, 5.41) is 15.7. The number of hydrogen-bond donors (Lipinski definition) is 2. The fraction of sp³-hybridized carbons (Fsp3) is 0.643. The van der Waals surface area contributed by atoms with Gasteiger partial charge in [0.25, 0.3) is 0 Å². The van der Waals surface area contributed by atoms with Gasteiger partial charge in [0.2, 0.25) is 5.82 Å². The van der Waals surface area contributed by atoms with Crippen molar-refractivity contribution in [2.24, 2.45) is 5.92 Å². The van der Waals surface area contributed by atoms with Crippen molar-refractivity contribution in [3.63, 3.8) is 0 Å². The standard InChI is InChI=1S/C14H19N5/c15-8-13-18-12-5-6-16-9-11(12)14(19-13)17-7-4-10-2-1-3-10/h10,16H,1-7,9H2,(H,17,18,19). The highest BCUT2D eigenvalue weighted by molar-refractivity contribution is 5.48. The molecule has 1 aromatic heterocycles. The minimum absolute atomic E-state index is 0.284. The fourth-order valence-electron chi connectivity index (χ4n) is 2.72. The largest absolute Gasteiger partial charge is 0.370 e. The second-order valence-electron chi connectivity index (χ2n) is 5.37. The second kappa shape index (κ2) is 5.54. The minimum atomic E-state index is 0.284. The van der Waals surface area contributed by atoms with Crippen LogP contribution in [-0.2, 0) is 13.0 Å². The van der Waals surface area contributed by atoms with Crippen molar-refractivity contribution < 1.29 is 0 Å². The molecule has 3 rings (SSSR count). The van der Waals surface area contributed by atoms with Crippen molar-refractivity contribution in [3.8, 4) is 6.07 Å². The third-order valence-electron chi connectivity index (χ3n) is 4.10. The number of nitriles is 1. The molecule has 0 unspecified atom stereocenters. The van der Waals surface area contributed by atoms with Crippen molar-refractivity contribution >= 4 is 5.82 Å². The Morgan fingerprint density at radius 3 is 3.00 bits per heavy atom. The molecule has 0 saturated heterocycles. The number of rotatable bonds is 4. The molecule has 100 valence electrons. The maximum absolute atomic E-state index is 9.01. The zero-order valence-electron chi connectivity index (χ0n) is 11.1.